The second-order valence-corrected chi connectivity index (χ2v) is 6.03. The highest BCUT2D eigenvalue weighted by Crippen LogP contribution is 2.30. The zero-order chi connectivity index (χ0) is 19.8. The van der Waals surface area contributed by atoms with E-state index in [1.165, 1.54) is 28.9 Å². The molecule has 1 amide bonds. The molecule has 3 rings (SSSR count). The molecule has 0 aliphatic carbocycles. The summed E-state index contributed by atoms with van der Waals surface area (Å²) in [5.41, 5.74) is 1.28. The third-order valence-corrected chi connectivity index (χ3v) is 4.04. The predicted octanol–water partition coefficient (Wildman–Crippen LogP) is 4.81. The van der Waals surface area contributed by atoms with E-state index in [1.54, 1.807) is 26.1 Å². The van der Waals surface area contributed by atoms with Gasteiger partial charge in [-0.1, -0.05) is 0 Å². The van der Waals surface area contributed by atoms with Crippen LogP contribution < -0.4 is 5.32 Å². The molecule has 0 aliphatic heterocycles. The lowest BCUT2D eigenvalue weighted by Gasteiger charge is -2.08. The number of hydrogen-bond donors (Lipinski definition) is 1. The maximum Gasteiger partial charge on any atom is 0.416 e. The molecule has 0 bridgehead atoms. The third kappa shape index (κ3) is 3.99. The van der Waals surface area contributed by atoms with Crippen LogP contribution in [0.1, 0.15) is 21.6 Å². The van der Waals surface area contributed by atoms with E-state index in [2.05, 4.69) is 10.4 Å². The van der Waals surface area contributed by atoms with Gasteiger partial charge in [-0.05, 0) is 61.0 Å². The van der Waals surface area contributed by atoms with E-state index in [4.69, 9.17) is 0 Å². The molecule has 0 fully saturated rings. The monoisotopic (exact) mass is 377 g/mol. The minimum absolute atomic E-state index is 0.0920. The summed E-state index contributed by atoms with van der Waals surface area (Å²) in [6, 6.07) is 10.2. The maximum absolute atomic E-state index is 13.4. The molecule has 0 unspecified atom stereocenters. The van der Waals surface area contributed by atoms with Gasteiger partial charge in [0.05, 0.1) is 11.3 Å². The van der Waals surface area contributed by atoms with Gasteiger partial charge in [0.15, 0.2) is 5.69 Å². The molecule has 0 radical (unpaired) electrons. The van der Waals surface area contributed by atoms with Gasteiger partial charge >= 0.3 is 6.18 Å². The molecular weight excluding hydrogens is 362 g/mol. The van der Waals surface area contributed by atoms with Crippen LogP contribution in [-0.4, -0.2) is 15.7 Å². The number of alkyl halides is 3. The number of anilines is 1. The first-order chi connectivity index (χ1) is 12.6. The van der Waals surface area contributed by atoms with Crippen LogP contribution in [0.15, 0.2) is 48.5 Å². The molecule has 1 aromatic heterocycles. The van der Waals surface area contributed by atoms with Crippen LogP contribution in [-0.2, 0) is 13.2 Å². The number of aromatic nitrogens is 2. The summed E-state index contributed by atoms with van der Waals surface area (Å²) in [4.78, 5) is 12.3. The van der Waals surface area contributed by atoms with Crippen molar-refractivity contribution in [2.45, 2.75) is 13.1 Å². The molecule has 0 saturated heterocycles. The maximum atomic E-state index is 13.4. The zero-order valence-electron chi connectivity index (χ0n) is 14.4. The minimum atomic E-state index is -4.44. The van der Waals surface area contributed by atoms with Crippen molar-refractivity contribution in [3.8, 4) is 11.3 Å². The smallest absolute Gasteiger partial charge is 0.321 e. The van der Waals surface area contributed by atoms with Crippen LogP contribution in [0.5, 0.6) is 0 Å². The highest BCUT2D eigenvalue weighted by atomic mass is 19.4. The van der Waals surface area contributed by atoms with Gasteiger partial charge in [0, 0.05) is 18.3 Å². The van der Waals surface area contributed by atoms with Gasteiger partial charge in [0.1, 0.15) is 5.82 Å². The number of carbonyl (C=O) groups excluding carboxylic acids is 1. The molecule has 140 valence electrons. The lowest BCUT2D eigenvalue weighted by atomic mass is 10.1. The van der Waals surface area contributed by atoms with Crippen LogP contribution in [0.2, 0.25) is 0 Å². The summed E-state index contributed by atoms with van der Waals surface area (Å²) >= 11 is 0. The van der Waals surface area contributed by atoms with Gasteiger partial charge in [-0.2, -0.15) is 18.3 Å². The van der Waals surface area contributed by atoms with Crippen molar-refractivity contribution in [1.82, 2.24) is 9.78 Å². The first-order valence-electron chi connectivity index (χ1n) is 7.94. The Labute approximate surface area is 152 Å². The lowest BCUT2D eigenvalue weighted by molar-refractivity contribution is -0.137. The molecular formula is C19H15F4N3O. The quantitative estimate of drug-likeness (QED) is 0.666. The van der Waals surface area contributed by atoms with Crippen molar-refractivity contribution in [2.24, 2.45) is 7.05 Å². The number of rotatable bonds is 3. The van der Waals surface area contributed by atoms with Crippen LogP contribution >= 0.6 is 0 Å². The number of nitrogens with one attached hydrogen (secondary N) is 1. The summed E-state index contributed by atoms with van der Waals surface area (Å²) in [5, 5.41) is 6.63. The molecule has 1 heterocycles. The summed E-state index contributed by atoms with van der Waals surface area (Å²) in [6.07, 6.45) is -4.44. The number of benzene rings is 2. The highest BCUT2D eigenvalue weighted by molar-refractivity contribution is 6.03. The Bertz CT molecular complexity index is 991. The Morgan fingerprint density at radius 2 is 1.74 bits per heavy atom. The van der Waals surface area contributed by atoms with Crippen LogP contribution in [0.25, 0.3) is 11.3 Å². The van der Waals surface area contributed by atoms with Crippen molar-refractivity contribution in [3.63, 3.8) is 0 Å². The van der Waals surface area contributed by atoms with Crippen LogP contribution in [0.3, 0.4) is 0 Å². The zero-order valence-corrected chi connectivity index (χ0v) is 14.4. The van der Waals surface area contributed by atoms with Gasteiger partial charge in [0.2, 0.25) is 0 Å². The molecule has 4 nitrogen and oxygen atoms in total. The van der Waals surface area contributed by atoms with E-state index in [1.807, 2.05) is 0 Å². The van der Waals surface area contributed by atoms with Crippen molar-refractivity contribution in [1.29, 1.82) is 0 Å². The van der Waals surface area contributed by atoms with Gasteiger partial charge in [-0.25, -0.2) is 4.39 Å². The standard InChI is InChI=1S/C19H15F4N3O/c1-11-9-12(3-8-15(11)20)17-10-16(25-26(17)2)18(27)24-14-6-4-13(5-7-14)19(21,22)23/h3-10H,1-2H3,(H,24,27). The van der Waals surface area contributed by atoms with Gasteiger partial charge in [-0.3, -0.25) is 9.48 Å². The topological polar surface area (TPSA) is 46.9 Å². The Morgan fingerprint density at radius 3 is 2.33 bits per heavy atom. The van der Waals surface area contributed by atoms with E-state index in [9.17, 15) is 22.4 Å². The lowest BCUT2D eigenvalue weighted by Crippen LogP contribution is -2.13. The predicted molar refractivity (Wildman–Crippen MR) is 92.7 cm³/mol. The largest absolute Gasteiger partial charge is 0.416 e. The first-order valence-corrected chi connectivity index (χ1v) is 7.94. The summed E-state index contributed by atoms with van der Waals surface area (Å²) in [7, 11) is 1.64. The number of carbonyl (C=O) groups is 1. The molecule has 0 aliphatic rings. The number of amides is 1. The number of hydrogen-bond acceptors (Lipinski definition) is 2. The summed E-state index contributed by atoms with van der Waals surface area (Å²) < 4.78 is 52.7. The van der Waals surface area contributed by atoms with Gasteiger partial charge in [-0.15, -0.1) is 0 Å². The van der Waals surface area contributed by atoms with E-state index in [-0.39, 0.29) is 17.2 Å². The van der Waals surface area contributed by atoms with Crippen LogP contribution in [0.4, 0.5) is 23.2 Å². The van der Waals surface area contributed by atoms with Crippen LogP contribution in [0, 0.1) is 12.7 Å². The highest BCUT2D eigenvalue weighted by Gasteiger charge is 2.30. The SMILES string of the molecule is Cc1cc(-c2cc(C(=O)Nc3ccc(C(F)(F)F)cc3)nn2C)ccc1F. The third-order valence-electron chi connectivity index (χ3n) is 4.04. The van der Waals surface area contributed by atoms with Gasteiger partial charge in [0.25, 0.3) is 5.91 Å². The Balaban J connectivity index is 1.81. The molecule has 8 heteroatoms. The average Bonchev–Trinajstić information content (AvgIpc) is 2.99. The molecule has 0 saturated carbocycles. The Kier molecular flexibility index (Phi) is 4.73. The Hall–Kier alpha value is -3.16. The second-order valence-electron chi connectivity index (χ2n) is 6.03. The van der Waals surface area contributed by atoms with Crippen molar-refractivity contribution >= 4 is 11.6 Å². The van der Waals surface area contributed by atoms with Crippen molar-refractivity contribution in [2.75, 3.05) is 5.32 Å². The first kappa shape index (κ1) is 18.6. The molecule has 0 atom stereocenters. The van der Waals surface area contributed by atoms with Crippen molar-refractivity contribution < 1.29 is 22.4 Å². The normalized spacial score (nSPS) is 11.5. The van der Waals surface area contributed by atoms with E-state index in [0.29, 0.717) is 16.8 Å². The Morgan fingerprint density at radius 1 is 1.07 bits per heavy atom. The molecule has 0 spiro atoms. The molecule has 2 aromatic carbocycles. The van der Waals surface area contributed by atoms with Crippen molar-refractivity contribution in [3.05, 3.63) is 71.2 Å². The molecule has 3 aromatic rings. The summed E-state index contributed by atoms with van der Waals surface area (Å²) in [5.74, 6) is -0.892. The average molecular weight is 377 g/mol. The fourth-order valence-electron chi connectivity index (χ4n) is 2.59. The summed E-state index contributed by atoms with van der Waals surface area (Å²) in [6.45, 7) is 1.63. The molecule has 1 N–H and O–H groups in total. The fraction of sp³-hybridized carbons (Fsp3) is 0.158. The number of nitrogens with zero attached hydrogens (tertiary/aromatic N) is 2. The molecule has 27 heavy (non-hydrogen) atoms. The van der Waals surface area contributed by atoms with Gasteiger partial charge < -0.3 is 5.32 Å². The van der Waals surface area contributed by atoms with E-state index in [0.717, 1.165) is 12.1 Å². The number of halogens is 4. The fourth-order valence-corrected chi connectivity index (χ4v) is 2.59. The van der Waals surface area contributed by atoms with E-state index < -0.39 is 17.6 Å². The minimum Gasteiger partial charge on any atom is -0.321 e. The van der Waals surface area contributed by atoms with E-state index >= 15 is 0 Å². The number of aryl methyl sites for hydroxylation is 2. The second kappa shape index (κ2) is 6.86.